The Labute approximate surface area is 192 Å². The topological polar surface area (TPSA) is 90.4 Å². The Hall–Kier alpha value is -3.37. The Kier molecular flexibility index (Phi) is 7.72. The number of halogens is 4. The van der Waals surface area contributed by atoms with Crippen LogP contribution < -0.4 is 10.6 Å². The van der Waals surface area contributed by atoms with E-state index in [-0.39, 0.29) is 33.8 Å². The van der Waals surface area contributed by atoms with Gasteiger partial charge in [-0.15, -0.1) is 0 Å². The predicted molar refractivity (Wildman–Crippen MR) is 121 cm³/mol. The molecule has 0 saturated carbocycles. The van der Waals surface area contributed by atoms with Gasteiger partial charge in [0.05, 0.1) is 16.9 Å². The number of aromatic hydroxyl groups is 1. The number of carbonyl (C=O) groups excluding carboxylic acids is 1. The molecule has 7 nitrogen and oxygen atoms in total. The van der Waals surface area contributed by atoms with Crippen molar-refractivity contribution in [3.05, 3.63) is 59.7 Å². The van der Waals surface area contributed by atoms with Crippen LogP contribution >= 0.6 is 11.6 Å². The van der Waals surface area contributed by atoms with E-state index in [1.54, 1.807) is 0 Å². The van der Waals surface area contributed by atoms with Crippen LogP contribution in [0.1, 0.15) is 12.8 Å². The summed E-state index contributed by atoms with van der Waals surface area (Å²) in [5.41, 5.74) is -0.0466. The van der Waals surface area contributed by atoms with Gasteiger partial charge < -0.3 is 20.6 Å². The number of hydrogen-bond acceptors (Lipinski definition) is 6. The average Bonchev–Trinajstić information content (AvgIpc) is 3.26. The molecular formula is C22H21ClF3N5O2. The van der Waals surface area contributed by atoms with Gasteiger partial charge in [0.2, 0.25) is 0 Å². The van der Waals surface area contributed by atoms with Crippen LogP contribution in [0.3, 0.4) is 0 Å². The summed E-state index contributed by atoms with van der Waals surface area (Å²) in [6.07, 6.45) is 3.97. The second-order valence-corrected chi connectivity index (χ2v) is 7.70. The summed E-state index contributed by atoms with van der Waals surface area (Å²) in [5, 5.41) is 14.3. The first kappa shape index (κ1) is 24.3. The maximum Gasteiger partial charge on any atom is 0.283 e. The third kappa shape index (κ3) is 5.91. The average molecular weight is 480 g/mol. The quantitative estimate of drug-likeness (QED) is 0.272. The second kappa shape index (κ2) is 10.5. The van der Waals surface area contributed by atoms with Gasteiger partial charge in [-0.25, -0.2) is 23.1 Å². The van der Waals surface area contributed by atoms with Crippen LogP contribution in [0, 0.1) is 11.6 Å². The van der Waals surface area contributed by atoms with E-state index in [0.717, 1.165) is 18.5 Å². The number of benzene rings is 2. The van der Waals surface area contributed by atoms with Gasteiger partial charge in [0.15, 0.2) is 11.6 Å². The maximum atomic E-state index is 14.1. The smallest absolute Gasteiger partial charge is 0.283 e. The highest BCUT2D eigenvalue weighted by Crippen LogP contribution is 2.34. The molecule has 2 aromatic carbocycles. The highest BCUT2D eigenvalue weighted by atomic mass is 35.5. The van der Waals surface area contributed by atoms with E-state index in [1.807, 2.05) is 0 Å². The first-order valence-electron chi connectivity index (χ1n) is 9.90. The molecule has 11 heteroatoms. The van der Waals surface area contributed by atoms with Crippen LogP contribution in [0.25, 0.3) is 10.9 Å². The number of phenolic OH excluding ortho intramolecular Hbond substituents is 1. The summed E-state index contributed by atoms with van der Waals surface area (Å²) in [7, 11) is 2.17. The lowest BCUT2D eigenvalue weighted by Gasteiger charge is -2.12. The minimum absolute atomic E-state index is 0.0798. The molecule has 1 aliphatic rings. The molecule has 3 aromatic rings. The Morgan fingerprint density at radius 2 is 1.88 bits per heavy atom. The highest BCUT2D eigenvalue weighted by molar-refractivity contribution is 6.31. The minimum Gasteiger partial charge on any atom is -0.506 e. The summed E-state index contributed by atoms with van der Waals surface area (Å²) in [6.45, 7) is 5.50. The molecule has 0 spiro atoms. The molecule has 0 unspecified atom stereocenters. The van der Waals surface area contributed by atoms with Gasteiger partial charge in [0, 0.05) is 11.5 Å². The number of phenols is 1. The normalized spacial score (nSPS) is 13.4. The Morgan fingerprint density at radius 1 is 1.18 bits per heavy atom. The van der Waals surface area contributed by atoms with Crippen LogP contribution in [0.15, 0.2) is 43.0 Å². The van der Waals surface area contributed by atoms with E-state index in [1.165, 1.54) is 38.1 Å². The number of carbonyl (C=O) groups is 1. The summed E-state index contributed by atoms with van der Waals surface area (Å²) in [4.78, 5) is 21.7. The fraction of sp³-hybridized carbons (Fsp3) is 0.227. The number of hydrogen-bond donors (Lipinski definition) is 3. The van der Waals surface area contributed by atoms with Gasteiger partial charge in [-0.2, -0.15) is 0 Å². The molecule has 1 aromatic heterocycles. The second-order valence-electron chi connectivity index (χ2n) is 7.33. The number of nitrogens with zero attached hydrogens (tertiary/aromatic N) is 3. The lowest BCUT2D eigenvalue weighted by molar-refractivity contribution is -0.114. The van der Waals surface area contributed by atoms with Gasteiger partial charge in [0.25, 0.3) is 5.91 Å². The zero-order chi connectivity index (χ0) is 24.1. The van der Waals surface area contributed by atoms with Crippen LogP contribution in [-0.4, -0.2) is 46.0 Å². The third-order valence-electron chi connectivity index (χ3n) is 4.87. The van der Waals surface area contributed by atoms with Gasteiger partial charge >= 0.3 is 0 Å². The van der Waals surface area contributed by atoms with Crippen molar-refractivity contribution in [2.45, 2.75) is 12.8 Å². The zero-order valence-electron chi connectivity index (χ0n) is 17.6. The van der Waals surface area contributed by atoms with Crippen molar-refractivity contribution in [2.75, 3.05) is 30.8 Å². The maximum absolute atomic E-state index is 14.1. The molecule has 0 atom stereocenters. The molecule has 1 amide bonds. The van der Waals surface area contributed by atoms with E-state index in [9.17, 15) is 23.1 Å². The molecule has 1 fully saturated rings. The molecule has 0 aliphatic carbocycles. The summed E-state index contributed by atoms with van der Waals surface area (Å²) in [6, 6.07) is 4.56. The van der Waals surface area contributed by atoms with Crippen LogP contribution in [0.4, 0.5) is 30.4 Å². The van der Waals surface area contributed by atoms with Crippen LogP contribution in [-0.2, 0) is 4.79 Å². The van der Waals surface area contributed by atoms with Gasteiger partial charge in [-0.3, -0.25) is 4.79 Å². The van der Waals surface area contributed by atoms with Crippen molar-refractivity contribution < 1.29 is 23.1 Å². The number of aromatic nitrogens is 2. The molecular weight excluding hydrogens is 459 g/mol. The largest absolute Gasteiger partial charge is 0.506 e. The number of likely N-dealkylation sites (tertiary alicyclic amines) is 1. The minimum atomic E-state index is -1.25. The molecule has 0 radical (unpaired) electrons. The van der Waals surface area contributed by atoms with Crippen molar-refractivity contribution in [3.8, 4) is 5.75 Å². The van der Waals surface area contributed by atoms with E-state index in [4.69, 9.17) is 11.6 Å². The van der Waals surface area contributed by atoms with Crippen LogP contribution in [0.2, 0.25) is 5.02 Å². The molecule has 2 heterocycles. The number of nitrogens with one attached hydrogen (secondary N) is 2. The fourth-order valence-electron chi connectivity index (χ4n) is 3.11. The lowest BCUT2D eigenvalue weighted by Crippen LogP contribution is -2.11. The van der Waals surface area contributed by atoms with E-state index < -0.39 is 28.4 Å². The first-order chi connectivity index (χ1) is 15.7. The van der Waals surface area contributed by atoms with Crippen molar-refractivity contribution >= 4 is 45.6 Å². The van der Waals surface area contributed by atoms with Gasteiger partial charge in [-0.05, 0) is 51.2 Å². The van der Waals surface area contributed by atoms with Crippen molar-refractivity contribution in [3.63, 3.8) is 0 Å². The van der Waals surface area contributed by atoms with E-state index >= 15 is 0 Å². The van der Waals surface area contributed by atoms with Crippen molar-refractivity contribution in [1.29, 1.82) is 0 Å². The Balaban J connectivity index is 0.000000442. The van der Waals surface area contributed by atoms with Gasteiger partial charge in [0.1, 0.15) is 28.7 Å². The summed E-state index contributed by atoms with van der Waals surface area (Å²) < 4.78 is 40.3. The fourth-order valence-corrected chi connectivity index (χ4v) is 3.27. The number of anilines is 3. The Morgan fingerprint density at radius 3 is 2.48 bits per heavy atom. The molecule has 3 N–H and O–H groups in total. The monoisotopic (exact) mass is 479 g/mol. The molecule has 0 bridgehead atoms. The zero-order valence-corrected chi connectivity index (χ0v) is 18.4. The van der Waals surface area contributed by atoms with Gasteiger partial charge in [-0.1, -0.05) is 18.2 Å². The molecule has 1 saturated heterocycles. The standard InChI is InChI=1S/C17H10ClF3N4O2.C5H11N/c1-7(19)17(27)25-12-4-8-11(5-13(12)26)22-6-23-16(8)24-10-3-2-9(20)14(18)15(10)21;1-6-4-2-3-5-6/h2-6,26H,1H2,(H,25,27)(H,22,23,24);2-5H2,1H3. The number of amides is 1. The van der Waals surface area contributed by atoms with E-state index in [0.29, 0.717) is 0 Å². The summed E-state index contributed by atoms with van der Waals surface area (Å²) >= 11 is 5.55. The predicted octanol–water partition coefficient (Wildman–Crippen LogP) is 5.14. The van der Waals surface area contributed by atoms with Crippen LogP contribution in [0.5, 0.6) is 5.75 Å². The van der Waals surface area contributed by atoms with Crippen molar-refractivity contribution in [2.24, 2.45) is 0 Å². The number of fused-ring (bicyclic) bond motifs is 1. The molecule has 174 valence electrons. The molecule has 4 rings (SSSR count). The molecule has 33 heavy (non-hydrogen) atoms. The number of rotatable bonds is 4. The lowest BCUT2D eigenvalue weighted by atomic mass is 10.2. The third-order valence-corrected chi connectivity index (χ3v) is 5.21. The first-order valence-corrected chi connectivity index (χ1v) is 10.3. The Bertz CT molecular complexity index is 1200. The SMILES string of the molecule is C=C(F)C(=O)Nc1cc2c(Nc3ccc(F)c(Cl)c3F)ncnc2cc1O.CN1CCCC1. The highest BCUT2D eigenvalue weighted by Gasteiger charge is 2.16. The van der Waals surface area contributed by atoms with Crippen molar-refractivity contribution in [1.82, 2.24) is 14.9 Å². The molecule has 1 aliphatic heterocycles. The van der Waals surface area contributed by atoms with E-state index in [2.05, 4.69) is 39.1 Å². The summed E-state index contributed by atoms with van der Waals surface area (Å²) in [5.74, 6) is -4.64.